The van der Waals surface area contributed by atoms with E-state index in [2.05, 4.69) is 5.32 Å². The maximum atomic E-state index is 14.1. The number of nitrogens with one attached hydrogen (secondary N) is 1. The van der Waals surface area contributed by atoms with Gasteiger partial charge in [0.2, 0.25) is 11.8 Å². The van der Waals surface area contributed by atoms with Crippen LogP contribution in [0.25, 0.3) is 0 Å². The summed E-state index contributed by atoms with van der Waals surface area (Å²) in [7, 11) is -4.08. The zero-order chi connectivity index (χ0) is 28.6. The van der Waals surface area contributed by atoms with E-state index in [1.165, 1.54) is 4.90 Å². The number of carbonyl (C=O) groups is 2. The highest BCUT2D eigenvalue weighted by atomic mass is 32.2. The number of hydrogen-bond donors (Lipinski definition) is 1. The topological polar surface area (TPSA) is 86.8 Å². The Morgan fingerprint density at radius 1 is 0.846 bits per heavy atom. The Balaban J connectivity index is 2.05. The molecule has 0 aliphatic heterocycles. The molecule has 39 heavy (non-hydrogen) atoms. The van der Waals surface area contributed by atoms with Crippen LogP contribution >= 0.6 is 0 Å². The number of benzene rings is 3. The number of nitrogens with zero attached hydrogens (tertiary/aromatic N) is 2. The van der Waals surface area contributed by atoms with E-state index in [0.29, 0.717) is 18.7 Å². The molecule has 208 valence electrons. The fourth-order valence-corrected chi connectivity index (χ4v) is 5.85. The van der Waals surface area contributed by atoms with Crippen molar-refractivity contribution in [1.29, 1.82) is 0 Å². The Kier molecular flexibility index (Phi) is 10.3. The second kappa shape index (κ2) is 13.4. The number of aryl methyl sites for hydroxylation is 3. The Labute approximate surface area is 232 Å². The standard InChI is InChI=1S/C31H39N3O4S/c1-6-18-32-31(36)29(7-2)33(21-26-12-8-10-24(4)19-26)30(35)22-34(27-13-9-11-25(5)20-27)39(37,38)28-16-14-23(3)15-17-28/h8-17,19-20,29H,6-7,18,21-22H2,1-5H3,(H,32,36). The predicted octanol–water partition coefficient (Wildman–Crippen LogP) is 5.14. The lowest BCUT2D eigenvalue weighted by Gasteiger charge is -2.33. The molecule has 0 saturated carbocycles. The Hall–Kier alpha value is -3.65. The van der Waals surface area contributed by atoms with Crippen molar-refractivity contribution in [3.8, 4) is 0 Å². The Bertz CT molecular complexity index is 1390. The van der Waals surface area contributed by atoms with Crippen molar-refractivity contribution >= 4 is 27.5 Å². The molecular weight excluding hydrogens is 510 g/mol. The third-order valence-corrected chi connectivity index (χ3v) is 8.34. The molecule has 2 amide bonds. The van der Waals surface area contributed by atoms with Gasteiger partial charge in [-0.1, -0.05) is 73.5 Å². The highest BCUT2D eigenvalue weighted by molar-refractivity contribution is 7.92. The molecule has 8 heteroatoms. The van der Waals surface area contributed by atoms with Crippen molar-refractivity contribution in [3.63, 3.8) is 0 Å². The van der Waals surface area contributed by atoms with Gasteiger partial charge in [-0.25, -0.2) is 8.42 Å². The van der Waals surface area contributed by atoms with E-state index in [9.17, 15) is 18.0 Å². The summed E-state index contributed by atoms with van der Waals surface area (Å²) in [6.45, 7) is 9.79. The molecule has 3 rings (SSSR count). The summed E-state index contributed by atoms with van der Waals surface area (Å²) in [4.78, 5) is 28.8. The fourth-order valence-electron chi connectivity index (χ4n) is 4.44. The summed E-state index contributed by atoms with van der Waals surface area (Å²) >= 11 is 0. The first-order valence-corrected chi connectivity index (χ1v) is 14.8. The molecule has 1 atom stereocenters. The van der Waals surface area contributed by atoms with Gasteiger partial charge in [-0.05, 0) is 69.0 Å². The van der Waals surface area contributed by atoms with Gasteiger partial charge in [0.1, 0.15) is 12.6 Å². The van der Waals surface area contributed by atoms with Crippen LogP contribution in [0.2, 0.25) is 0 Å². The molecule has 1 N–H and O–H groups in total. The Morgan fingerprint density at radius 3 is 2.08 bits per heavy atom. The molecule has 0 aliphatic rings. The number of carbonyl (C=O) groups excluding carboxylic acids is 2. The quantitative estimate of drug-likeness (QED) is 0.339. The molecule has 0 saturated heterocycles. The van der Waals surface area contributed by atoms with Gasteiger partial charge in [0.15, 0.2) is 0 Å². The maximum absolute atomic E-state index is 14.1. The van der Waals surface area contributed by atoms with E-state index in [0.717, 1.165) is 33.0 Å². The molecule has 0 heterocycles. The number of anilines is 1. The lowest BCUT2D eigenvalue weighted by Crippen LogP contribution is -2.52. The minimum Gasteiger partial charge on any atom is -0.354 e. The van der Waals surface area contributed by atoms with E-state index < -0.39 is 28.5 Å². The smallest absolute Gasteiger partial charge is 0.264 e. The molecule has 0 fully saturated rings. The van der Waals surface area contributed by atoms with E-state index in [1.54, 1.807) is 42.5 Å². The average molecular weight is 550 g/mol. The van der Waals surface area contributed by atoms with Crippen LogP contribution in [0.5, 0.6) is 0 Å². The molecule has 0 aromatic heterocycles. The second-order valence-corrected chi connectivity index (χ2v) is 11.8. The third kappa shape index (κ3) is 7.69. The van der Waals surface area contributed by atoms with E-state index in [1.807, 2.05) is 65.0 Å². The van der Waals surface area contributed by atoms with Gasteiger partial charge in [-0.15, -0.1) is 0 Å². The summed E-state index contributed by atoms with van der Waals surface area (Å²) in [6.07, 6.45) is 1.16. The number of hydrogen-bond acceptors (Lipinski definition) is 4. The SMILES string of the molecule is CCCNC(=O)C(CC)N(Cc1cccc(C)c1)C(=O)CN(c1cccc(C)c1)S(=O)(=O)c1ccc(C)cc1. The largest absolute Gasteiger partial charge is 0.354 e. The molecule has 0 radical (unpaired) electrons. The van der Waals surface area contributed by atoms with Gasteiger partial charge < -0.3 is 10.2 Å². The molecule has 7 nitrogen and oxygen atoms in total. The average Bonchev–Trinajstić information content (AvgIpc) is 2.90. The molecule has 0 aliphatic carbocycles. The molecule has 0 bridgehead atoms. The molecule has 3 aromatic rings. The first-order valence-electron chi connectivity index (χ1n) is 13.4. The van der Waals surface area contributed by atoms with Crippen molar-refractivity contribution in [3.05, 3.63) is 95.1 Å². The highest BCUT2D eigenvalue weighted by Gasteiger charge is 2.33. The van der Waals surface area contributed by atoms with Crippen LogP contribution in [-0.4, -0.2) is 44.3 Å². The van der Waals surface area contributed by atoms with Crippen molar-refractivity contribution in [2.45, 2.75) is 64.9 Å². The normalized spacial score (nSPS) is 12.0. The fraction of sp³-hybridized carbons (Fsp3) is 0.355. The van der Waals surface area contributed by atoms with Crippen LogP contribution in [0.15, 0.2) is 77.7 Å². The van der Waals surface area contributed by atoms with Crippen molar-refractivity contribution in [2.75, 3.05) is 17.4 Å². The highest BCUT2D eigenvalue weighted by Crippen LogP contribution is 2.26. The summed E-state index contributed by atoms with van der Waals surface area (Å²) in [5, 5.41) is 2.91. The lowest BCUT2D eigenvalue weighted by molar-refractivity contribution is -0.140. The third-order valence-electron chi connectivity index (χ3n) is 6.55. The van der Waals surface area contributed by atoms with E-state index >= 15 is 0 Å². The second-order valence-electron chi connectivity index (χ2n) is 9.89. The maximum Gasteiger partial charge on any atom is 0.264 e. The van der Waals surface area contributed by atoms with E-state index in [-0.39, 0.29) is 17.3 Å². The molecule has 0 spiro atoms. The number of amides is 2. The first kappa shape index (κ1) is 29.9. The van der Waals surface area contributed by atoms with Gasteiger partial charge >= 0.3 is 0 Å². The minimum atomic E-state index is -4.08. The monoisotopic (exact) mass is 549 g/mol. The zero-order valence-corrected chi connectivity index (χ0v) is 24.3. The number of sulfonamides is 1. The minimum absolute atomic E-state index is 0.0976. The van der Waals surface area contributed by atoms with Crippen LogP contribution in [0.1, 0.15) is 48.9 Å². The summed E-state index contributed by atoms with van der Waals surface area (Å²) in [6, 6.07) is 20.6. The molecule has 3 aromatic carbocycles. The van der Waals surface area contributed by atoms with Gasteiger partial charge in [0, 0.05) is 13.1 Å². The van der Waals surface area contributed by atoms with Crippen LogP contribution in [0, 0.1) is 20.8 Å². The summed E-state index contributed by atoms with van der Waals surface area (Å²) in [5.41, 5.74) is 4.09. The van der Waals surface area contributed by atoms with Crippen molar-refractivity contribution < 1.29 is 18.0 Å². The number of rotatable bonds is 12. The van der Waals surface area contributed by atoms with Gasteiger partial charge in [-0.2, -0.15) is 0 Å². The van der Waals surface area contributed by atoms with Crippen LogP contribution in [0.3, 0.4) is 0 Å². The van der Waals surface area contributed by atoms with Gasteiger partial charge in [-0.3, -0.25) is 13.9 Å². The van der Waals surface area contributed by atoms with Crippen LogP contribution in [0.4, 0.5) is 5.69 Å². The zero-order valence-electron chi connectivity index (χ0n) is 23.5. The lowest BCUT2D eigenvalue weighted by atomic mass is 10.1. The van der Waals surface area contributed by atoms with Gasteiger partial charge in [0.05, 0.1) is 10.6 Å². The Morgan fingerprint density at radius 2 is 1.49 bits per heavy atom. The van der Waals surface area contributed by atoms with Gasteiger partial charge in [0.25, 0.3) is 10.0 Å². The van der Waals surface area contributed by atoms with Crippen LogP contribution < -0.4 is 9.62 Å². The van der Waals surface area contributed by atoms with E-state index in [4.69, 9.17) is 0 Å². The van der Waals surface area contributed by atoms with Crippen molar-refractivity contribution in [2.24, 2.45) is 0 Å². The molecule has 1 unspecified atom stereocenters. The van der Waals surface area contributed by atoms with Crippen LogP contribution in [-0.2, 0) is 26.2 Å². The van der Waals surface area contributed by atoms with Crippen molar-refractivity contribution in [1.82, 2.24) is 10.2 Å². The summed E-state index contributed by atoms with van der Waals surface area (Å²) in [5.74, 6) is -0.698. The predicted molar refractivity (Wildman–Crippen MR) is 156 cm³/mol. The summed E-state index contributed by atoms with van der Waals surface area (Å²) < 4.78 is 29.0. The first-order chi connectivity index (χ1) is 18.6. The molecular formula is C31H39N3O4S.